The maximum Gasteiger partial charge on any atom is 0.201 e. The quantitative estimate of drug-likeness (QED) is 0.654. The first kappa shape index (κ1) is 17.1. The van der Waals surface area contributed by atoms with Crippen LogP contribution in [0.25, 0.3) is 22.2 Å². The lowest BCUT2D eigenvalue weighted by Gasteiger charge is -2.11. The van der Waals surface area contributed by atoms with Gasteiger partial charge in [-0.3, -0.25) is 0 Å². The minimum Gasteiger partial charge on any atom is -0.493 e. The molecule has 130 valence electrons. The molecular weight excluding hydrogens is 342 g/mol. The van der Waals surface area contributed by atoms with Gasteiger partial charge in [-0.05, 0) is 11.6 Å². The summed E-state index contributed by atoms with van der Waals surface area (Å²) in [4.78, 5) is 8.69. The molecule has 3 rings (SSSR count). The second kappa shape index (κ2) is 7.45. The monoisotopic (exact) mass is 359 g/mol. The van der Waals surface area contributed by atoms with Crippen LogP contribution < -0.4 is 14.2 Å². The summed E-state index contributed by atoms with van der Waals surface area (Å²) in [5.41, 5.74) is 3.27. The number of methoxy groups -OCH3 is 2. The van der Waals surface area contributed by atoms with Crippen molar-refractivity contribution in [2.75, 3.05) is 14.2 Å². The van der Waals surface area contributed by atoms with E-state index >= 15 is 0 Å². The number of benzene rings is 2. The van der Waals surface area contributed by atoms with Crippen molar-refractivity contribution in [2.45, 2.75) is 6.54 Å². The summed E-state index contributed by atoms with van der Waals surface area (Å²) in [5, 5.41) is 0.841. The molecule has 0 amide bonds. The van der Waals surface area contributed by atoms with Crippen molar-refractivity contribution in [2.24, 2.45) is 0 Å². The van der Waals surface area contributed by atoms with Crippen LogP contribution in [0.2, 0.25) is 0 Å². The number of nitrogens with zero attached hydrogens (tertiary/aromatic N) is 2. The van der Waals surface area contributed by atoms with Crippen molar-refractivity contribution >= 4 is 21.8 Å². The van der Waals surface area contributed by atoms with Crippen LogP contribution in [0.5, 0.6) is 11.5 Å². The number of hydrogen-bond acceptors (Lipinski definition) is 6. The van der Waals surface area contributed by atoms with E-state index in [0.717, 1.165) is 27.7 Å². The normalized spacial score (nSPS) is 11.0. The Morgan fingerprint density at radius 2 is 1.68 bits per heavy atom. The number of fused-ring (bicyclic) bond motifs is 1. The largest absolute Gasteiger partial charge is 0.493 e. The third-order valence-corrected chi connectivity index (χ3v) is 4.20. The lowest BCUT2D eigenvalue weighted by Crippen LogP contribution is -2.09. The molecule has 7 nitrogen and oxygen atoms in total. The number of hydrogen-bond donors (Lipinski definition) is 2. The van der Waals surface area contributed by atoms with E-state index in [9.17, 15) is 8.42 Å². The van der Waals surface area contributed by atoms with Crippen molar-refractivity contribution in [1.29, 1.82) is 0 Å². The number of ether oxygens (including phenoxy) is 2. The van der Waals surface area contributed by atoms with Crippen molar-refractivity contribution in [3.05, 3.63) is 48.3 Å². The standard InChI is InChI=1S/C17H17N3O4S/c1-23-15-7-13-14(8-16(15)24-2)18-10-19-17(13)12-5-3-11(4-6-12)9-20-25(21)22/h3-8,10,25H,9H2,1-2H3,(H,20,21,22). The molecule has 3 aromatic rings. The van der Waals surface area contributed by atoms with E-state index < -0.39 is 10.9 Å². The highest BCUT2D eigenvalue weighted by atomic mass is 32.2. The Hall–Kier alpha value is -2.71. The van der Waals surface area contributed by atoms with Crippen LogP contribution in [-0.4, -0.2) is 32.6 Å². The average molecular weight is 359 g/mol. The van der Waals surface area contributed by atoms with Gasteiger partial charge in [0.2, 0.25) is 10.9 Å². The lowest BCUT2D eigenvalue weighted by atomic mass is 10.0. The molecule has 0 aliphatic rings. The summed E-state index contributed by atoms with van der Waals surface area (Å²) in [6, 6.07) is 11.2. The first-order chi connectivity index (χ1) is 12.1. The molecule has 0 saturated heterocycles. The van der Waals surface area contributed by atoms with Crippen molar-refractivity contribution < 1.29 is 17.9 Å². The molecule has 0 atom stereocenters. The molecule has 0 saturated carbocycles. The van der Waals surface area contributed by atoms with E-state index in [1.165, 1.54) is 6.33 Å². The molecule has 0 radical (unpaired) electrons. The third-order valence-electron chi connectivity index (χ3n) is 3.78. The Morgan fingerprint density at radius 1 is 1.00 bits per heavy atom. The first-order valence-corrected chi connectivity index (χ1v) is 8.64. The fourth-order valence-corrected chi connectivity index (χ4v) is 2.86. The van der Waals surface area contributed by atoms with Crippen LogP contribution in [0.1, 0.15) is 5.56 Å². The second-order valence-electron chi connectivity index (χ2n) is 5.24. The first-order valence-electron chi connectivity index (χ1n) is 7.46. The molecule has 2 aromatic carbocycles. The zero-order valence-corrected chi connectivity index (χ0v) is 14.6. The van der Waals surface area contributed by atoms with Gasteiger partial charge in [0.1, 0.15) is 6.33 Å². The molecule has 0 spiro atoms. The van der Waals surface area contributed by atoms with E-state index in [1.54, 1.807) is 14.2 Å². The van der Waals surface area contributed by atoms with E-state index in [1.807, 2.05) is 36.4 Å². The van der Waals surface area contributed by atoms with Crippen LogP contribution in [-0.2, 0) is 17.4 Å². The number of aromatic nitrogens is 2. The zero-order chi connectivity index (χ0) is 17.8. The van der Waals surface area contributed by atoms with Gasteiger partial charge >= 0.3 is 0 Å². The number of rotatable bonds is 6. The molecule has 0 aliphatic carbocycles. The number of thiol groups is 1. The summed E-state index contributed by atoms with van der Waals surface area (Å²) in [6.07, 6.45) is 1.50. The molecule has 1 aromatic heterocycles. The molecular formula is C17H17N3O4S. The van der Waals surface area contributed by atoms with Crippen molar-refractivity contribution in [3.63, 3.8) is 0 Å². The van der Waals surface area contributed by atoms with E-state index in [4.69, 9.17) is 9.47 Å². The van der Waals surface area contributed by atoms with Gasteiger partial charge in [0.25, 0.3) is 0 Å². The topological polar surface area (TPSA) is 90.4 Å². The Balaban J connectivity index is 2.03. The molecule has 0 bridgehead atoms. The SMILES string of the molecule is COc1cc2ncnc(-c3ccc(CN[SH](=O)=O)cc3)c2cc1OC. The van der Waals surface area contributed by atoms with Crippen LogP contribution in [0, 0.1) is 0 Å². The van der Waals surface area contributed by atoms with Gasteiger partial charge in [-0.25, -0.2) is 23.1 Å². The maximum atomic E-state index is 10.6. The summed E-state index contributed by atoms with van der Waals surface area (Å²) in [5.74, 6) is 1.21. The zero-order valence-electron chi connectivity index (χ0n) is 13.7. The molecule has 8 heteroatoms. The lowest BCUT2D eigenvalue weighted by molar-refractivity contribution is 0.356. The fourth-order valence-electron chi connectivity index (χ4n) is 2.55. The summed E-state index contributed by atoms with van der Waals surface area (Å²) >= 11 is 0. The van der Waals surface area contributed by atoms with Crippen molar-refractivity contribution in [1.82, 2.24) is 14.7 Å². The van der Waals surface area contributed by atoms with Gasteiger partial charge in [0, 0.05) is 23.6 Å². The molecule has 1 N–H and O–H groups in total. The minimum absolute atomic E-state index is 0.258. The Morgan fingerprint density at radius 3 is 2.32 bits per heavy atom. The molecule has 0 unspecified atom stereocenters. The van der Waals surface area contributed by atoms with E-state index in [0.29, 0.717) is 11.5 Å². The van der Waals surface area contributed by atoms with Crippen molar-refractivity contribution in [3.8, 4) is 22.8 Å². The van der Waals surface area contributed by atoms with E-state index in [-0.39, 0.29) is 6.54 Å². The van der Waals surface area contributed by atoms with Gasteiger partial charge in [-0.15, -0.1) is 0 Å². The smallest absolute Gasteiger partial charge is 0.201 e. The highest BCUT2D eigenvalue weighted by Crippen LogP contribution is 2.35. The van der Waals surface area contributed by atoms with Gasteiger partial charge in [0.05, 0.1) is 25.4 Å². The minimum atomic E-state index is -2.61. The predicted molar refractivity (Wildman–Crippen MR) is 95.2 cm³/mol. The Kier molecular flexibility index (Phi) is 5.11. The molecule has 0 fully saturated rings. The van der Waals surface area contributed by atoms with Gasteiger partial charge in [-0.1, -0.05) is 24.3 Å². The van der Waals surface area contributed by atoms with Gasteiger partial charge in [-0.2, -0.15) is 0 Å². The van der Waals surface area contributed by atoms with Gasteiger partial charge in [0.15, 0.2) is 11.5 Å². The van der Waals surface area contributed by atoms with Crippen LogP contribution in [0.3, 0.4) is 0 Å². The highest BCUT2D eigenvalue weighted by molar-refractivity contribution is 7.70. The average Bonchev–Trinajstić information content (AvgIpc) is 2.65. The van der Waals surface area contributed by atoms with Crippen LogP contribution in [0.15, 0.2) is 42.7 Å². The second-order valence-corrected chi connectivity index (χ2v) is 6.07. The molecule has 0 aliphatic heterocycles. The summed E-state index contributed by atoms with van der Waals surface area (Å²) in [7, 11) is 0.551. The van der Waals surface area contributed by atoms with Crippen LogP contribution >= 0.6 is 0 Å². The van der Waals surface area contributed by atoms with Crippen LogP contribution in [0.4, 0.5) is 0 Å². The maximum absolute atomic E-state index is 10.6. The Bertz CT molecular complexity index is 964. The Labute approximate surface area is 146 Å². The fraction of sp³-hybridized carbons (Fsp3) is 0.176. The number of nitrogens with one attached hydrogen (secondary N) is 1. The molecule has 1 heterocycles. The predicted octanol–water partition coefficient (Wildman–Crippen LogP) is 1.93. The van der Waals surface area contributed by atoms with Gasteiger partial charge < -0.3 is 9.47 Å². The summed E-state index contributed by atoms with van der Waals surface area (Å²) in [6.45, 7) is 0.258. The molecule has 25 heavy (non-hydrogen) atoms. The summed E-state index contributed by atoms with van der Waals surface area (Å²) < 4.78 is 34.3. The highest BCUT2D eigenvalue weighted by Gasteiger charge is 2.12. The van der Waals surface area contributed by atoms with E-state index in [2.05, 4.69) is 14.7 Å². The third kappa shape index (κ3) is 3.70.